The summed E-state index contributed by atoms with van der Waals surface area (Å²) in [5.74, 6) is 5.88. The molecule has 2 spiro atoms. The number of nitrogens with zero attached hydrogens (tertiary/aromatic N) is 5. The van der Waals surface area contributed by atoms with Gasteiger partial charge in [0.2, 0.25) is 17.7 Å². The molecule has 65 heavy (non-hydrogen) atoms. The van der Waals surface area contributed by atoms with Crippen molar-refractivity contribution in [1.29, 1.82) is 0 Å². The minimum absolute atomic E-state index is 0.0434. The van der Waals surface area contributed by atoms with Crippen molar-refractivity contribution in [2.45, 2.75) is 113 Å². The number of carbonyl (C=O) groups excluding carboxylic acids is 4. The molecule has 13 nitrogen and oxygen atoms in total. The van der Waals surface area contributed by atoms with Crippen LogP contribution in [0.4, 0.5) is 20.7 Å². The van der Waals surface area contributed by atoms with E-state index in [-0.39, 0.29) is 46.3 Å². The smallest absolute Gasteiger partial charge is 0.329 e. The first kappa shape index (κ1) is 43.8. The van der Waals surface area contributed by atoms with Crippen molar-refractivity contribution in [2.75, 3.05) is 36.4 Å². The number of anilines is 2. The molecule has 5 fully saturated rings. The number of rotatable bonds is 6. The fourth-order valence-electron chi connectivity index (χ4n) is 11.9. The van der Waals surface area contributed by atoms with Gasteiger partial charge in [-0.2, -0.15) is 0 Å². The Kier molecular flexibility index (Phi) is 11.4. The number of pyridine rings is 2. The predicted molar refractivity (Wildman–Crippen MR) is 246 cm³/mol. The van der Waals surface area contributed by atoms with Gasteiger partial charge in [0.1, 0.15) is 16.9 Å². The molecule has 3 saturated heterocycles. The summed E-state index contributed by atoms with van der Waals surface area (Å²) in [6.45, 7) is 7.74. The van der Waals surface area contributed by atoms with Crippen LogP contribution in [0.25, 0.3) is 5.65 Å². The Bertz CT molecular complexity index is 2640. The lowest BCUT2D eigenvalue weighted by atomic mass is 9.53. The Hall–Kier alpha value is -5.07. The first-order valence-electron chi connectivity index (χ1n) is 23.1. The van der Waals surface area contributed by atoms with Crippen molar-refractivity contribution >= 4 is 64.1 Å². The third kappa shape index (κ3) is 7.86. The third-order valence-electron chi connectivity index (χ3n) is 15.5. The van der Waals surface area contributed by atoms with Gasteiger partial charge in [0, 0.05) is 71.6 Å². The Balaban J connectivity index is 0.782. The lowest BCUT2D eigenvalue weighted by molar-refractivity contribution is -0.125. The number of piperidine rings is 1. The Morgan fingerprint density at radius 1 is 0.938 bits per heavy atom. The van der Waals surface area contributed by atoms with Crippen molar-refractivity contribution in [2.24, 2.45) is 17.3 Å². The second-order valence-electron chi connectivity index (χ2n) is 19.9. The fraction of sp³-hybridized carbons (Fsp3) is 0.510. The number of aromatic nitrogens is 3. The van der Waals surface area contributed by atoms with Crippen LogP contribution >= 0.6 is 23.2 Å². The number of likely N-dealkylation sites (tertiary alicyclic amines) is 1. The Labute approximate surface area is 388 Å². The van der Waals surface area contributed by atoms with Crippen LogP contribution in [-0.4, -0.2) is 86.8 Å². The molecule has 2 aliphatic carbocycles. The zero-order chi connectivity index (χ0) is 45.3. The molecule has 0 unspecified atom stereocenters. The second kappa shape index (κ2) is 17.0. The monoisotopic (exact) mass is 921 g/mol. The van der Waals surface area contributed by atoms with E-state index in [1.165, 1.54) is 11.1 Å². The van der Waals surface area contributed by atoms with Gasteiger partial charge in [-0.15, -0.1) is 0 Å². The highest BCUT2D eigenvalue weighted by molar-refractivity contribution is 6.31. The van der Waals surface area contributed by atoms with Crippen molar-refractivity contribution < 1.29 is 23.6 Å². The highest BCUT2D eigenvalue weighted by Gasteiger charge is 2.73. The van der Waals surface area contributed by atoms with E-state index >= 15 is 4.39 Å². The zero-order valence-electron chi connectivity index (χ0n) is 36.7. The van der Waals surface area contributed by atoms with Gasteiger partial charge in [0.15, 0.2) is 11.0 Å². The summed E-state index contributed by atoms with van der Waals surface area (Å²) in [6.07, 6.45) is 13.7. The van der Waals surface area contributed by atoms with E-state index < -0.39 is 34.8 Å². The van der Waals surface area contributed by atoms with Gasteiger partial charge in [-0.05, 0) is 130 Å². The first-order chi connectivity index (χ1) is 31.2. The molecule has 6 aliphatic rings. The number of amides is 5. The fourth-order valence-corrected chi connectivity index (χ4v) is 12.3. The van der Waals surface area contributed by atoms with Crippen LogP contribution in [0.1, 0.15) is 107 Å². The van der Waals surface area contributed by atoms with E-state index in [9.17, 15) is 19.2 Å². The van der Waals surface area contributed by atoms with Crippen molar-refractivity contribution in [3.8, 4) is 11.8 Å². The Morgan fingerprint density at radius 2 is 1.71 bits per heavy atom. The molecule has 2 saturated carbocycles. The topological polar surface area (TPSA) is 153 Å². The second-order valence-corrected chi connectivity index (χ2v) is 20.7. The molecule has 3 atom stereocenters. The molecule has 10 rings (SSSR count). The molecule has 5 amide bonds. The van der Waals surface area contributed by atoms with E-state index in [0.29, 0.717) is 53.4 Å². The van der Waals surface area contributed by atoms with Crippen LogP contribution in [0.3, 0.4) is 0 Å². The summed E-state index contributed by atoms with van der Waals surface area (Å²) in [4.78, 5) is 66.2. The normalized spacial score (nSPS) is 27.6. The standard InChI is InChI=1S/C49H54Cl2FN9O4/c1-47(2)16-18-48(19-17-47)49(35-10-7-32(50)26-36(35)56-45(49)64)40(34-11-20-53-43(51)41(34)52)42(58-48)44(63)55-33-8-5-31(6-9-33)28-59-21-12-29(13-22-59)3-4-30-14-23-60-37(25-30)54-27-39(60)61-24-15-38(62)57-46(61)65/h7,10-11,14,20,23,25-27,29,31,33,40,42,58H,5-6,8-9,12-13,15-19,21-22,24,28H2,1-2H3,(H,55,63)(H,56,64)(H,57,62,65)/t31?,33?,40-,42+,49+/m0/s1. The van der Waals surface area contributed by atoms with Gasteiger partial charge in [0.05, 0.1) is 12.2 Å². The maximum Gasteiger partial charge on any atom is 0.329 e. The third-order valence-corrected chi connectivity index (χ3v) is 16.0. The number of halogens is 3. The van der Waals surface area contributed by atoms with Crippen LogP contribution < -0.4 is 26.2 Å². The van der Waals surface area contributed by atoms with Crippen LogP contribution in [0.2, 0.25) is 10.2 Å². The molecular formula is C49H54Cl2FN9O4. The van der Waals surface area contributed by atoms with E-state index in [1.54, 1.807) is 24.4 Å². The molecule has 3 aromatic heterocycles. The number of imidazole rings is 1. The summed E-state index contributed by atoms with van der Waals surface area (Å²) >= 11 is 12.8. The van der Waals surface area contributed by atoms with E-state index in [1.807, 2.05) is 28.8 Å². The van der Waals surface area contributed by atoms with Crippen LogP contribution in [-0.2, 0) is 19.8 Å². The first-order valence-corrected chi connectivity index (χ1v) is 23.8. The van der Waals surface area contributed by atoms with Gasteiger partial charge in [-0.25, -0.2) is 19.2 Å². The molecule has 0 radical (unpaired) electrons. The van der Waals surface area contributed by atoms with E-state index in [0.717, 1.165) is 82.1 Å². The number of fused-ring (bicyclic) bond motifs is 4. The minimum Gasteiger partial charge on any atom is -0.352 e. The summed E-state index contributed by atoms with van der Waals surface area (Å²) in [6, 6.07) is 9.41. The maximum absolute atomic E-state index is 16.4. The average Bonchev–Trinajstić information content (AvgIpc) is 3.93. The van der Waals surface area contributed by atoms with Gasteiger partial charge in [0.25, 0.3) is 0 Å². The molecule has 7 heterocycles. The molecule has 340 valence electrons. The predicted octanol–water partition coefficient (Wildman–Crippen LogP) is 7.34. The molecule has 16 heteroatoms. The van der Waals surface area contributed by atoms with Gasteiger partial charge < -0.3 is 15.5 Å². The number of urea groups is 1. The van der Waals surface area contributed by atoms with E-state index in [2.05, 4.69) is 61.8 Å². The zero-order valence-corrected chi connectivity index (χ0v) is 38.2. The quantitative estimate of drug-likeness (QED) is 0.116. The van der Waals surface area contributed by atoms with Crippen molar-refractivity contribution in [3.05, 3.63) is 87.7 Å². The highest BCUT2D eigenvalue weighted by Crippen LogP contribution is 2.64. The van der Waals surface area contributed by atoms with Gasteiger partial charge in [-0.3, -0.25) is 34.3 Å². The molecule has 4 N–H and O–H groups in total. The number of hydrogen-bond donors (Lipinski definition) is 4. The number of imide groups is 1. The molecular weight excluding hydrogens is 869 g/mol. The van der Waals surface area contributed by atoms with Gasteiger partial charge in [-0.1, -0.05) is 55.0 Å². The van der Waals surface area contributed by atoms with Crippen LogP contribution in [0.5, 0.6) is 0 Å². The number of benzene rings is 1. The summed E-state index contributed by atoms with van der Waals surface area (Å²) in [5.41, 5.74) is 0.951. The van der Waals surface area contributed by atoms with Crippen LogP contribution in [0, 0.1) is 34.9 Å². The lowest BCUT2D eigenvalue weighted by Gasteiger charge is -2.50. The van der Waals surface area contributed by atoms with Crippen LogP contribution in [0.15, 0.2) is 55.0 Å². The number of carbonyl (C=O) groups is 4. The largest absolute Gasteiger partial charge is 0.352 e. The minimum atomic E-state index is -1.31. The molecule has 4 aliphatic heterocycles. The number of nitrogens with one attached hydrogen (secondary N) is 4. The average molecular weight is 923 g/mol. The highest BCUT2D eigenvalue weighted by atomic mass is 35.5. The number of hydrogen-bond acceptors (Lipinski definition) is 8. The summed E-state index contributed by atoms with van der Waals surface area (Å²) < 4.78 is 18.2. The van der Waals surface area contributed by atoms with E-state index in [4.69, 9.17) is 23.2 Å². The summed E-state index contributed by atoms with van der Waals surface area (Å²) in [7, 11) is 0. The molecule has 4 aromatic rings. The van der Waals surface area contributed by atoms with Crippen molar-refractivity contribution in [1.82, 2.24) is 35.2 Å². The SMILES string of the molecule is CC1(C)CCC2(CC1)N[C@@H](C(=O)NC1CCC(CN3CCC(C#Cc4ccn5c(N6CCC(=O)NC6=O)cnc5c4)CC3)CC1)[C@H](c1ccnc(Cl)c1F)[C@]21C(=O)Nc2cc(Cl)ccc21. The molecule has 1 aromatic carbocycles. The Morgan fingerprint density at radius 3 is 2.46 bits per heavy atom. The van der Waals surface area contributed by atoms with Crippen molar-refractivity contribution in [3.63, 3.8) is 0 Å². The lowest BCUT2D eigenvalue weighted by Crippen LogP contribution is -2.61. The summed E-state index contributed by atoms with van der Waals surface area (Å²) in [5, 5.41) is 12.8. The maximum atomic E-state index is 16.4. The molecule has 0 bridgehead atoms. The van der Waals surface area contributed by atoms with Gasteiger partial charge >= 0.3 is 6.03 Å².